The van der Waals surface area contributed by atoms with E-state index in [1.54, 1.807) is 0 Å². The second-order valence-electron chi connectivity index (χ2n) is 10.2. The van der Waals surface area contributed by atoms with E-state index in [0.29, 0.717) is 12.3 Å². The number of aryl methyl sites for hydroxylation is 4. The van der Waals surface area contributed by atoms with Crippen LogP contribution in [0, 0.1) is 5.92 Å². The van der Waals surface area contributed by atoms with Crippen molar-refractivity contribution in [3.05, 3.63) is 77.9 Å². The van der Waals surface area contributed by atoms with Crippen LogP contribution < -0.4 is 0 Å². The average molecular weight is 493 g/mol. The lowest BCUT2D eigenvalue weighted by Crippen LogP contribution is -2.09. The third kappa shape index (κ3) is 4.48. The summed E-state index contributed by atoms with van der Waals surface area (Å²) in [7, 11) is 2.02. The molecule has 1 aromatic carbocycles. The highest BCUT2D eigenvalue weighted by Crippen LogP contribution is 2.39. The molecule has 0 saturated heterocycles. The predicted octanol–water partition coefficient (Wildman–Crippen LogP) is 4.97. The molecular formula is C29H32N8. The van der Waals surface area contributed by atoms with E-state index >= 15 is 0 Å². The molecule has 0 atom stereocenters. The van der Waals surface area contributed by atoms with E-state index in [1.165, 1.54) is 5.56 Å². The van der Waals surface area contributed by atoms with Crippen LogP contribution in [0.3, 0.4) is 0 Å². The summed E-state index contributed by atoms with van der Waals surface area (Å²) in [5.41, 5.74) is 9.91. The first-order chi connectivity index (χ1) is 18.0. The molecule has 0 aliphatic heterocycles. The Bertz CT molecular complexity index is 1550. The second kappa shape index (κ2) is 9.42. The maximum absolute atomic E-state index is 5.05. The van der Waals surface area contributed by atoms with Crippen LogP contribution in [0.2, 0.25) is 0 Å². The van der Waals surface area contributed by atoms with Crippen LogP contribution in [-0.2, 0) is 39.4 Å². The summed E-state index contributed by atoms with van der Waals surface area (Å²) in [5, 5.41) is 14.0. The molecule has 37 heavy (non-hydrogen) atoms. The van der Waals surface area contributed by atoms with Gasteiger partial charge in [0.25, 0.3) is 0 Å². The first-order valence-corrected chi connectivity index (χ1v) is 13.0. The number of nitrogens with zero attached hydrogens (tertiary/aromatic N) is 8. The van der Waals surface area contributed by atoms with Crippen molar-refractivity contribution in [1.29, 1.82) is 0 Å². The zero-order valence-electron chi connectivity index (χ0n) is 21.9. The molecule has 0 unspecified atom stereocenters. The molecule has 4 heterocycles. The van der Waals surface area contributed by atoms with Crippen LogP contribution in [0.1, 0.15) is 43.5 Å². The zero-order valence-corrected chi connectivity index (χ0v) is 21.9. The number of hydrogen-bond donors (Lipinski definition) is 0. The van der Waals surface area contributed by atoms with Crippen LogP contribution in [0.25, 0.3) is 33.6 Å². The summed E-state index contributed by atoms with van der Waals surface area (Å²) in [6.07, 6.45) is 10.5. The molecule has 4 aromatic heterocycles. The fraction of sp³-hybridized carbons (Fsp3) is 0.345. The molecule has 0 amide bonds. The number of aromatic nitrogens is 8. The molecule has 0 spiro atoms. The van der Waals surface area contributed by atoms with Crippen molar-refractivity contribution in [2.45, 2.75) is 53.1 Å². The van der Waals surface area contributed by atoms with Crippen LogP contribution >= 0.6 is 0 Å². The van der Waals surface area contributed by atoms with E-state index in [2.05, 4.69) is 66.4 Å². The average Bonchev–Trinajstić information content (AvgIpc) is 3.62. The van der Waals surface area contributed by atoms with Crippen LogP contribution in [0.4, 0.5) is 0 Å². The first-order valence-electron chi connectivity index (χ1n) is 13.0. The van der Waals surface area contributed by atoms with Crippen molar-refractivity contribution >= 4 is 0 Å². The fourth-order valence-corrected chi connectivity index (χ4v) is 5.16. The molecule has 0 N–H and O–H groups in total. The summed E-state index contributed by atoms with van der Waals surface area (Å²) in [6, 6.07) is 10.7. The highest BCUT2D eigenvalue weighted by atomic mass is 15.3. The van der Waals surface area contributed by atoms with Crippen molar-refractivity contribution in [2.75, 3.05) is 0 Å². The van der Waals surface area contributed by atoms with Gasteiger partial charge in [0.05, 0.1) is 35.4 Å². The van der Waals surface area contributed by atoms with Gasteiger partial charge in [-0.1, -0.05) is 38.1 Å². The van der Waals surface area contributed by atoms with Crippen LogP contribution in [-0.4, -0.2) is 39.3 Å². The van der Waals surface area contributed by atoms with Crippen molar-refractivity contribution in [2.24, 2.45) is 13.0 Å². The molecular weight excluding hydrogens is 460 g/mol. The number of rotatable bonds is 7. The number of benzene rings is 1. The minimum Gasteiger partial charge on any atom is -0.273 e. The zero-order chi connectivity index (χ0) is 25.5. The molecule has 6 rings (SSSR count). The minimum atomic E-state index is 0.562. The molecule has 1 aliphatic rings. The van der Waals surface area contributed by atoms with E-state index in [-0.39, 0.29) is 0 Å². The monoisotopic (exact) mass is 492 g/mol. The van der Waals surface area contributed by atoms with Gasteiger partial charge in [0, 0.05) is 55.4 Å². The Morgan fingerprint density at radius 3 is 2.49 bits per heavy atom. The Kier molecular flexibility index (Phi) is 5.94. The summed E-state index contributed by atoms with van der Waals surface area (Å²) in [5.74, 6) is 1.35. The molecule has 8 heteroatoms. The number of hydrogen-bond acceptors (Lipinski definition) is 5. The molecule has 188 valence electrons. The quantitative estimate of drug-likeness (QED) is 0.321. The maximum atomic E-state index is 5.05. The summed E-state index contributed by atoms with van der Waals surface area (Å²) < 4.78 is 5.95. The van der Waals surface area contributed by atoms with Crippen LogP contribution in [0.5, 0.6) is 0 Å². The SMILES string of the molecule is CCn1ccc(Cc2ncc3c(n2)-c2c(nn(C)c2-c2ccc(-c4cnn(CC(C)C)c4)cc2)CC3)n1. The normalized spacial score (nSPS) is 12.7. The Balaban J connectivity index is 1.34. The van der Waals surface area contributed by atoms with Gasteiger partial charge >= 0.3 is 0 Å². The largest absolute Gasteiger partial charge is 0.273 e. The third-order valence-corrected chi connectivity index (χ3v) is 6.94. The summed E-state index contributed by atoms with van der Waals surface area (Å²) >= 11 is 0. The molecule has 0 bridgehead atoms. The minimum absolute atomic E-state index is 0.562. The topological polar surface area (TPSA) is 79.2 Å². The number of fused-ring (bicyclic) bond motifs is 3. The molecule has 5 aromatic rings. The van der Waals surface area contributed by atoms with Gasteiger partial charge in [-0.2, -0.15) is 15.3 Å². The van der Waals surface area contributed by atoms with Gasteiger partial charge in [0.2, 0.25) is 0 Å². The Morgan fingerprint density at radius 1 is 0.919 bits per heavy atom. The molecule has 0 fully saturated rings. The van der Waals surface area contributed by atoms with Gasteiger partial charge in [0.15, 0.2) is 0 Å². The van der Waals surface area contributed by atoms with Gasteiger partial charge in [-0.05, 0) is 42.9 Å². The highest BCUT2D eigenvalue weighted by Gasteiger charge is 2.27. The fourth-order valence-electron chi connectivity index (χ4n) is 5.16. The molecule has 8 nitrogen and oxygen atoms in total. The molecule has 0 radical (unpaired) electrons. The Morgan fingerprint density at radius 2 is 1.73 bits per heavy atom. The summed E-state index contributed by atoms with van der Waals surface area (Å²) in [6.45, 7) is 8.27. The third-order valence-electron chi connectivity index (χ3n) is 6.94. The second-order valence-corrected chi connectivity index (χ2v) is 10.2. The van der Waals surface area contributed by atoms with E-state index in [4.69, 9.17) is 10.1 Å². The molecule has 1 aliphatic carbocycles. The molecule has 0 saturated carbocycles. The lowest BCUT2D eigenvalue weighted by atomic mass is 9.91. The van der Waals surface area contributed by atoms with Crippen molar-refractivity contribution in [3.63, 3.8) is 0 Å². The van der Waals surface area contributed by atoms with Crippen LogP contribution in [0.15, 0.2) is 55.1 Å². The van der Waals surface area contributed by atoms with E-state index in [1.807, 2.05) is 45.7 Å². The van der Waals surface area contributed by atoms with Gasteiger partial charge in [-0.25, -0.2) is 9.97 Å². The lowest BCUT2D eigenvalue weighted by molar-refractivity contribution is 0.483. The van der Waals surface area contributed by atoms with Gasteiger partial charge in [-0.3, -0.25) is 14.0 Å². The van der Waals surface area contributed by atoms with Gasteiger partial charge in [0.1, 0.15) is 5.82 Å². The van der Waals surface area contributed by atoms with E-state index in [0.717, 1.165) is 76.8 Å². The van der Waals surface area contributed by atoms with E-state index in [9.17, 15) is 0 Å². The first kappa shape index (κ1) is 23.3. The smallest absolute Gasteiger partial charge is 0.134 e. The van der Waals surface area contributed by atoms with E-state index < -0.39 is 0 Å². The Hall–Kier alpha value is -4.07. The summed E-state index contributed by atoms with van der Waals surface area (Å²) in [4.78, 5) is 9.73. The van der Waals surface area contributed by atoms with Gasteiger partial charge in [-0.15, -0.1) is 0 Å². The standard InChI is InChI=1S/C29H32N8/c1-5-36-13-12-24(33-36)14-26-30-15-22-10-11-25-27(28(22)32-26)29(35(4)34-25)21-8-6-20(7-9-21)23-16-31-37(18-23)17-19(2)3/h6-9,12-13,15-16,18-19H,5,10-11,14,17H2,1-4H3. The van der Waals surface area contributed by atoms with Crippen molar-refractivity contribution in [1.82, 2.24) is 39.3 Å². The van der Waals surface area contributed by atoms with Crippen molar-refractivity contribution in [3.8, 4) is 33.6 Å². The lowest BCUT2D eigenvalue weighted by Gasteiger charge is -2.16. The van der Waals surface area contributed by atoms with Gasteiger partial charge < -0.3 is 0 Å². The predicted molar refractivity (Wildman–Crippen MR) is 144 cm³/mol. The highest BCUT2D eigenvalue weighted by molar-refractivity contribution is 5.84. The maximum Gasteiger partial charge on any atom is 0.134 e. The Labute approximate surface area is 217 Å². The van der Waals surface area contributed by atoms with Crippen molar-refractivity contribution < 1.29 is 0 Å².